The maximum absolute atomic E-state index is 14.1. The molecule has 3 rings (SSSR count). The van der Waals surface area contributed by atoms with Gasteiger partial charge in [-0.25, -0.2) is 13.2 Å². The lowest BCUT2D eigenvalue weighted by atomic mass is 9.91. The van der Waals surface area contributed by atoms with Crippen molar-refractivity contribution in [2.45, 2.75) is 38.7 Å². The van der Waals surface area contributed by atoms with Crippen LogP contribution in [0.1, 0.15) is 44.3 Å². The van der Waals surface area contributed by atoms with E-state index in [0.29, 0.717) is 17.0 Å². The molecule has 2 aromatic rings. The van der Waals surface area contributed by atoms with Gasteiger partial charge in [-0.05, 0) is 54.0 Å². The molecule has 2 atom stereocenters. The van der Waals surface area contributed by atoms with E-state index >= 15 is 0 Å². The summed E-state index contributed by atoms with van der Waals surface area (Å²) in [6.45, 7) is 1.81. The van der Waals surface area contributed by atoms with Crippen LogP contribution in [0.3, 0.4) is 0 Å². The van der Waals surface area contributed by atoms with E-state index in [2.05, 4.69) is 6.92 Å². The first-order valence-corrected chi connectivity index (χ1v) is 9.52. The zero-order valence-electron chi connectivity index (χ0n) is 15.5. The van der Waals surface area contributed by atoms with E-state index < -0.39 is 24.1 Å². The minimum atomic E-state index is -0.833. The minimum Gasteiger partial charge on any atom is -0.485 e. The first kappa shape index (κ1) is 19.7. The van der Waals surface area contributed by atoms with E-state index in [9.17, 15) is 13.2 Å². The molecule has 1 aliphatic rings. The van der Waals surface area contributed by atoms with Crippen molar-refractivity contribution in [2.24, 2.45) is 5.92 Å². The van der Waals surface area contributed by atoms with Gasteiger partial charge in [-0.15, -0.1) is 0 Å². The van der Waals surface area contributed by atoms with Crippen LogP contribution >= 0.6 is 0 Å². The molecule has 2 unspecified atom stereocenters. The van der Waals surface area contributed by atoms with E-state index in [1.807, 2.05) is 24.3 Å². The summed E-state index contributed by atoms with van der Waals surface area (Å²) in [6, 6.07) is 9.99. The summed E-state index contributed by atoms with van der Waals surface area (Å²) in [5.74, 6) is -1.56. The highest BCUT2D eigenvalue weighted by molar-refractivity contribution is 5.65. The molecule has 27 heavy (non-hydrogen) atoms. The molecule has 0 bridgehead atoms. The van der Waals surface area contributed by atoms with Crippen LogP contribution in [0.25, 0.3) is 11.1 Å². The summed E-state index contributed by atoms with van der Waals surface area (Å²) in [7, 11) is 0. The van der Waals surface area contributed by atoms with E-state index in [1.165, 1.54) is 25.0 Å². The first-order chi connectivity index (χ1) is 13.1. The van der Waals surface area contributed by atoms with Gasteiger partial charge in [0, 0.05) is 0 Å². The fourth-order valence-corrected chi connectivity index (χ4v) is 3.60. The molecule has 146 valence electrons. The normalized spacial score (nSPS) is 19.9. The van der Waals surface area contributed by atoms with Gasteiger partial charge in [-0.3, -0.25) is 0 Å². The smallest absolute Gasteiger partial charge is 0.190 e. The van der Waals surface area contributed by atoms with Crippen molar-refractivity contribution in [2.75, 3.05) is 19.9 Å². The predicted molar refractivity (Wildman–Crippen MR) is 99.6 cm³/mol. The molecular formula is C22H25F3O2. The second-order valence-corrected chi connectivity index (χ2v) is 6.98. The molecule has 2 nitrogen and oxygen atoms in total. The van der Waals surface area contributed by atoms with E-state index in [1.54, 1.807) is 0 Å². The number of hydrogen-bond acceptors (Lipinski definition) is 2. The van der Waals surface area contributed by atoms with Crippen LogP contribution < -0.4 is 4.74 Å². The number of halogens is 3. The second-order valence-electron chi connectivity index (χ2n) is 6.98. The molecule has 1 aliphatic heterocycles. The molecule has 2 aromatic carbocycles. The molecule has 0 aliphatic carbocycles. The quantitative estimate of drug-likeness (QED) is 0.567. The Morgan fingerprint density at radius 1 is 1.04 bits per heavy atom. The Balaban J connectivity index is 1.70. The lowest BCUT2D eigenvalue weighted by molar-refractivity contribution is -0.0194. The van der Waals surface area contributed by atoms with Crippen molar-refractivity contribution in [1.82, 2.24) is 0 Å². The largest absolute Gasteiger partial charge is 0.485 e. The summed E-state index contributed by atoms with van der Waals surface area (Å²) in [5.41, 5.74) is 2.20. The van der Waals surface area contributed by atoms with Gasteiger partial charge in [0.25, 0.3) is 0 Å². The van der Waals surface area contributed by atoms with Gasteiger partial charge in [0.15, 0.2) is 17.4 Å². The molecule has 0 amide bonds. The van der Waals surface area contributed by atoms with Crippen molar-refractivity contribution >= 4 is 0 Å². The maximum atomic E-state index is 14.1. The molecule has 0 aromatic heterocycles. The molecule has 1 fully saturated rings. The molecule has 0 N–H and O–H groups in total. The minimum absolute atomic E-state index is 0.0807. The molecule has 0 radical (unpaired) electrons. The van der Waals surface area contributed by atoms with Crippen LogP contribution in [-0.2, 0) is 4.74 Å². The number of rotatable bonds is 7. The van der Waals surface area contributed by atoms with Crippen molar-refractivity contribution in [1.29, 1.82) is 0 Å². The Labute approximate surface area is 158 Å². The summed E-state index contributed by atoms with van der Waals surface area (Å²) >= 11 is 0. The van der Waals surface area contributed by atoms with Crippen molar-refractivity contribution in [3.63, 3.8) is 0 Å². The van der Waals surface area contributed by atoms with Crippen LogP contribution in [0.15, 0.2) is 36.4 Å². The number of benzene rings is 2. The Kier molecular flexibility index (Phi) is 6.78. The van der Waals surface area contributed by atoms with Crippen LogP contribution in [0.5, 0.6) is 5.75 Å². The highest BCUT2D eigenvalue weighted by Crippen LogP contribution is 2.34. The summed E-state index contributed by atoms with van der Waals surface area (Å²) in [5, 5.41) is 0. The lowest BCUT2D eigenvalue weighted by Gasteiger charge is -2.29. The van der Waals surface area contributed by atoms with Gasteiger partial charge in [0.05, 0.1) is 12.7 Å². The van der Waals surface area contributed by atoms with E-state index in [-0.39, 0.29) is 12.7 Å². The molecule has 0 saturated carbocycles. The molecular weight excluding hydrogens is 353 g/mol. The molecule has 1 saturated heterocycles. The van der Waals surface area contributed by atoms with Crippen molar-refractivity contribution in [3.05, 3.63) is 53.6 Å². The monoisotopic (exact) mass is 378 g/mol. The van der Waals surface area contributed by atoms with Crippen LogP contribution in [0.4, 0.5) is 13.2 Å². The Hall–Kier alpha value is -2.01. The van der Waals surface area contributed by atoms with Gasteiger partial charge in [0.2, 0.25) is 0 Å². The Bertz CT molecular complexity index is 715. The summed E-state index contributed by atoms with van der Waals surface area (Å²) in [6.07, 6.45) is 4.62. The topological polar surface area (TPSA) is 18.5 Å². The predicted octanol–water partition coefficient (Wildman–Crippen LogP) is 6.25. The highest BCUT2D eigenvalue weighted by Gasteiger charge is 2.22. The third-order valence-electron chi connectivity index (χ3n) is 5.00. The maximum Gasteiger partial charge on any atom is 0.190 e. The Morgan fingerprint density at radius 3 is 2.30 bits per heavy atom. The first-order valence-electron chi connectivity index (χ1n) is 9.52. The Morgan fingerprint density at radius 2 is 1.74 bits per heavy atom. The SMILES string of the molecule is CCCC1CCC(c2ccc(-c3cc(F)c(OCCF)c(F)c3)cc2)OC1. The molecule has 1 heterocycles. The van der Waals surface area contributed by atoms with Crippen LogP contribution in [0, 0.1) is 17.6 Å². The zero-order valence-corrected chi connectivity index (χ0v) is 15.5. The van der Waals surface area contributed by atoms with E-state index in [0.717, 1.165) is 25.0 Å². The fraction of sp³-hybridized carbons (Fsp3) is 0.455. The second kappa shape index (κ2) is 9.27. The van der Waals surface area contributed by atoms with Crippen LogP contribution in [0.2, 0.25) is 0 Å². The fourth-order valence-electron chi connectivity index (χ4n) is 3.60. The summed E-state index contributed by atoms with van der Waals surface area (Å²) < 4.78 is 51.1. The number of ether oxygens (including phenoxy) is 2. The van der Waals surface area contributed by atoms with Crippen molar-refractivity contribution < 1.29 is 22.6 Å². The third kappa shape index (κ3) is 4.83. The zero-order chi connectivity index (χ0) is 19.2. The summed E-state index contributed by atoms with van der Waals surface area (Å²) in [4.78, 5) is 0. The number of alkyl halides is 1. The van der Waals surface area contributed by atoms with Gasteiger partial charge in [-0.2, -0.15) is 0 Å². The van der Waals surface area contributed by atoms with Gasteiger partial charge < -0.3 is 9.47 Å². The van der Waals surface area contributed by atoms with E-state index in [4.69, 9.17) is 9.47 Å². The van der Waals surface area contributed by atoms with Gasteiger partial charge in [-0.1, -0.05) is 37.6 Å². The standard InChI is InChI=1S/C22H25F3O2/c1-2-3-15-4-9-21(27-14-15)17-7-5-16(6-8-17)18-12-19(24)22(20(25)13-18)26-11-10-23/h5-8,12-13,15,21H,2-4,9-11,14H2,1H3. The van der Waals surface area contributed by atoms with Gasteiger partial charge >= 0.3 is 0 Å². The van der Waals surface area contributed by atoms with Crippen molar-refractivity contribution in [3.8, 4) is 16.9 Å². The average molecular weight is 378 g/mol. The van der Waals surface area contributed by atoms with Crippen LogP contribution in [-0.4, -0.2) is 19.9 Å². The number of hydrogen-bond donors (Lipinski definition) is 0. The highest BCUT2D eigenvalue weighted by atomic mass is 19.1. The average Bonchev–Trinajstić information content (AvgIpc) is 2.68. The molecule has 5 heteroatoms. The van der Waals surface area contributed by atoms with Gasteiger partial charge in [0.1, 0.15) is 13.3 Å². The molecule has 0 spiro atoms. The lowest BCUT2D eigenvalue weighted by Crippen LogP contribution is -2.20. The third-order valence-corrected chi connectivity index (χ3v) is 5.00.